The summed E-state index contributed by atoms with van der Waals surface area (Å²) in [6.07, 6.45) is 5.90. The van der Waals surface area contributed by atoms with Crippen LogP contribution in [0.15, 0.2) is 48.5 Å². The van der Waals surface area contributed by atoms with Gasteiger partial charge in [-0.05, 0) is 85.8 Å². The Bertz CT molecular complexity index is 744. The van der Waals surface area contributed by atoms with E-state index in [0.717, 1.165) is 38.5 Å². The molecule has 1 aliphatic rings. The molecule has 1 fully saturated rings. The number of ether oxygens (including phenoxy) is 2. The van der Waals surface area contributed by atoms with Crippen molar-refractivity contribution in [2.45, 2.75) is 52.4 Å². The van der Waals surface area contributed by atoms with Crippen molar-refractivity contribution < 1.29 is 19.1 Å². The van der Waals surface area contributed by atoms with E-state index in [9.17, 15) is 9.59 Å². The first kappa shape index (κ1) is 22.1. The lowest BCUT2D eigenvalue weighted by Gasteiger charge is -2.27. The van der Waals surface area contributed by atoms with Gasteiger partial charge >= 0.3 is 11.9 Å². The molecule has 1 saturated carbocycles. The molecule has 3 rings (SSSR count). The third-order valence-electron chi connectivity index (χ3n) is 6.06. The lowest BCUT2D eigenvalue weighted by Crippen LogP contribution is -2.24. The second-order valence-corrected chi connectivity index (χ2v) is 8.18. The molecule has 160 valence electrons. The van der Waals surface area contributed by atoms with Gasteiger partial charge in [0.2, 0.25) is 0 Å². The normalized spacial score (nSPS) is 18.6. The molecule has 4 nitrogen and oxygen atoms in total. The molecule has 0 atom stereocenters. The van der Waals surface area contributed by atoms with Gasteiger partial charge in [-0.1, -0.05) is 38.1 Å². The van der Waals surface area contributed by atoms with Gasteiger partial charge in [-0.2, -0.15) is 0 Å². The molecule has 30 heavy (non-hydrogen) atoms. The number of rotatable bonds is 8. The van der Waals surface area contributed by atoms with Crippen molar-refractivity contribution in [1.29, 1.82) is 0 Å². The molecule has 0 saturated heterocycles. The van der Waals surface area contributed by atoms with Crippen LogP contribution in [0, 0.1) is 11.8 Å². The molecule has 0 amide bonds. The maximum Gasteiger partial charge on any atom is 0.338 e. The third-order valence-corrected chi connectivity index (χ3v) is 6.06. The number of hydrogen-bond acceptors (Lipinski definition) is 4. The van der Waals surface area contributed by atoms with E-state index in [1.54, 1.807) is 0 Å². The smallest absolute Gasteiger partial charge is 0.338 e. The summed E-state index contributed by atoms with van der Waals surface area (Å²) < 4.78 is 11.1. The first-order chi connectivity index (χ1) is 14.6. The molecule has 0 heterocycles. The van der Waals surface area contributed by atoms with Crippen LogP contribution in [0.25, 0.3) is 0 Å². The highest BCUT2D eigenvalue weighted by atomic mass is 16.5. The van der Waals surface area contributed by atoms with Crippen molar-refractivity contribution in [2.75, 3.05) is 13.2 Å². The predicted octanol–water partition coefficient (Wildman–Crippen LogP) is 5.63. The summed E-state index contributed by atoms with van der Waals surface area (Å²) in [6.45, 7) is 5.11. The van der Waals surface area contributed by atoms with Crippen LogP contribution in [0.3, 0.4) is 0 Å². The number of carbonyl (C=O) groups excluding carboxylic acids is 2. The quantitative estimate of drug-likeness (QED) is 0.531. The van der Waals surface area contributed by atoms with Crippen molar-refractivity contribution >= 4 is 11.9 Å². The summed E-state index contributed by atoms with van der Waals surface area (Å²) in [6, 6.07) is 15.2. The topological polar surface area (TPSA) is 52.6 Å². The second kappa shape index (κ2) is 11.0. The van der Waals surface area contributed by atoms with Crippen LogP contribution in [0.4, 0.5) is 0 Å². The zero-order chi connectivity index (χ0) is 21.3. The monoisotopic (exact) mass is 408 g/mol. The molecule has 2 aromatic rings. The Morgan fingerprint density at radius 2 is 1.00 bits per heavy atom. The molecule has 0 N–H and O–H groups in total. The van der Waals surface area contributed by atoms with Gasteiger partial charge in [-0.25, -0.2) is 9.59 Å². The van der Waals surface area contributed by atoms with Gasteiger partial charge in [0, 0.05) is 0 Å². The van der Waals surface area contributed by atoms with Crippen LogP contribution >= 0.6 is 0 Å². The fourth-order valence-corrected chi connectivity index (χ4v) is 3.87. The minimum Gasteiger partial charge on any atom is -0.462 e. The average molecular weight is 409 g/mol. The summed E-state index contributed by atoms with van der Waals surface area (Å²) >= 11 is 0. The second-order valence-electron chi connectivity index (χ2n) is 8.18. The molecule has 2 aromatic carbocycles. The van der Waals surface area contributed by atoms with Gasteiger partial charge in [0.15, 0.2) is 0 Å². The number of hydrogen-bond donors (Lipinski definition) is 0. The highest BCUT2D eigenvalue weighted by molar-refractivity contribution is 5.89. The third kappa shape index (κ3) is 6.19. The maximum atomic E-state index is 12.2. The molecule has 0 radical (unpaired) electrons. The number of carbonyl (C=O) groups is 2. The van der Waals surface area contributed by atoms with Crippen molar-refractivity contribution in [3.63, 3.8) is 0 Å². The molecule has 4 heteroatoms. The maximum absolute atomic E-state index is 12.2. The van der Waals surface area contributed by atoms with Crippen LogP contribution < -0.4 is 0 Å². The van der Waals surface area contributed by atoms with E-state index in [1.807, 2.05) is 48.5 Å². The van der Waals surface area contributed by atoms with Gasteiger partial charge in [0.25, 0.3) is 0 Å². The number of esters is 2. The Morgan fingerprint density at radius 1 is 0.667 bits per heavy atom. The van der Waals surface area contributed by atoms with E-state index >= 15 is 0 Å². The SMILES string of the molecule is CCc1ccc(C(=O)OCC2CCC(COC(=O)c3ccc(CC)cc3)CC2)cc1. The average Bonchev–Trinajstić information content (AvgIpc) is 2.81. The lowest BCUT2D eigenvalue weighted by molar-refractivity contribution is 0.0297. The summed E-state index contributed by atoms with van der Waals surface area (Å²) in [5.41, 5.74) is 3.65. The van der Waals surface area contributed by atoms with Crippen molar-refractivity contribution in [3.05, 3.63) is 70.8 Å². The largest absolute Gasteiger partial charge is 0.462 e. The summed E-state index contributed by atoms with van der Waals surface area (Å²) in [7, 11) is 0. The van der Waals surface area contributed by atoms with E-state index in [2.05, 4.69) is 13.8 Å². The van der Waals surface area contributed by atoms with Gasteiger partial charge in [-0.3, -0.25) is 0 Å². The molecule has 0 aromatic heterocycles. The fraction of sp³-hybridized carbons (Fsp3) is 0.462. The van der Waals surface area contributed by atoms with Crippen molar-refractivity contribution in [2.24, 2.45) is 11.8 Å². The fourth-order valence-electron chi connectivity index (χ4n) is 3.87. The highest BCUT2D eigenvalue weighted by Crippen LogP contribution is 2.29. The van der Waals surface area contributed by atoms with Crippen molar-refractivity contribution in [3.8, 4) is 0 Å². The van der Waals surface area contributed by atoms with Crippen molar-refractivity contribution in [1.82, 2.24) is 0 Å². The van der Waals surface area contributed by atoms with E-state index in [0.29, 0.717) is 36.2 Å². The van der Waals surface area contributed by atoms with Crippen LogP contribution in [0.2, 0.25) is 0 Å². The van der Waals surface area contributed by atoms with E-state index < -0.39 is 0 Å². The summed E-state index contributed by atoms with van der Waals surface area (Å²) in [4.78, 5) is 24.4. The van der Waals surface area contributed by atoms with E-state index in [1.165, 1.54) is 11.1 Å². The molecule has 0 aliphatic heterocycles. The van der Waals surface area contributed by atoms with Gasteiger partial charge in [0.05, 0.1) is 24.3 Å². The number of aryl methyl sites for hydroxylation is 2. The van der Waals surface area contributed by atoms with Crippen LogP contribution in [0.5, 0.6) is 0 Å². The number of benzene rings is 2. The standard InChI is InChI=1S/C26H32O4/c1-3-19-9-13-23(14-10-19)25(27)29-17-21-5-7-22(8-6-21)18-30-26(28)24-15-11-20(4-2)12-16-24/h9-16,21-22H,3-8,17-18H2,1-2H3. The predicted molar refractivity (Wildman–Crippen MR) is 118 cm³/mol. The Kier molecular flexibility index (Phi) is 8.06. The Labute approximate surface area is 179 Å². The van der Waals surface area contributed by atoms with Crippen LogP contribution in [-0.4, -0.2) is 25.2 Å². The minimum absolute atomic E-state index is 0.247. The Morgan fingerprint density at radius 3 is 1.30 bits per heavy atom. The molecule has 0 unspecified atom stereocenters. The molecule has 1 aliphatic carbocycles. The van der Waals surface area contributed by atoms with Gasteiger partial charge in [-0.15, -0.1) is 0 Å². The molecule has 0 spiro atoms. The van der Waals surface area contributed by atoms with E-state index in [-0.39, 0.29) is 11.9 Å². The highest BCUT2D eigenvalue weighted by Gasteiger charge is 2.24. The summed E-state index contributed by atoms with van der Waals surface area (Å²) in [5, 5.41) is 0. The molecular formula is C26H32O4. The molecular weight excluding hydrogens is 376 g/mol. The van der Waals surface area contributed by atoms with Crippen LogP contribution in [0.1, 0.15) is 71.4 Å². The zero-order valence-corrected chi connectivity index (χ0v) is 18.1. The van der Waals surface area contributed by atoms with Crippen LogP contribution in [-0.2, 0) is 22.3 Å². The summed E-state index contributed by atoms with van der Waals surface area (Å²) in [5.74, 6) is 0.278. The Hall–Kier alpha value is -2.62. The zero-order valence-electron chi connectivity index (χ0n) is 18.1. The Balaban J connectivity index is 1.36. The van der Waals surface area contributed by atoms with Gasteiger partial charge in [0.1, 0.15) is 0 Å². The first-order valence-electron chi connectivity index (χ1n) is 11.1. The van der Waals surface area contributed by atoms with Gasteiger partial charge < -0.3 is 9.47 Å². The minimum atomic E-state index is -0.247. The van der Waals surface area contributed by atoms with E-state index in [4.69, 9.17) is 9.47 Å². The molecule has 0 bridgehead atoms. The lowest BCUT2D eigenvalue weighted by atomic mass is 9.83. The first-order valence-corrected chi connectivity index (χ1v) is 11.1.